The largest absolute Gasteiger partial charge is 0.393 e. The second-order valence-electron chi connectivity index (χ2n) is 6.81. The maximum Gasteiger partial charge on any atom is 0.0540 e. The molecule has 1 aromatic carbocycles. The van der Waals surface area contributed by atoms with E-state index in [0.717, 1.165) is 31.2 Å². The maximum atomic E-state index is 9.59. The first-order chi connectivity index (χ1) is 9.72. The van der Waals surface area contributed by atoms with Crippen LogP contribution in [0.15, 0.2) is 24.3 Å². The highest BCUT2D eigenvalue weighted by molar-refractivity contribution is 5.25. The Kier molecular flexibility index (Phi) is 4.42. The van der Waals surface area contributed by atoms with Crippen molar-refractivity contribution >= 4 is 0 Å². The summed E-state index contributed by atoms with van der Waals surface area (Å²) in [5.74, 6) is 1.59. The molecular weight excluding hydrogens is 246 g/mol. The van der Waals surface area contributed by atoms with Gasteiger partial charge in [0.25, 0.3) is 0 Å². The highest BCUT2D eigenvalue weighted by atomic mass is 16.3. The smallest absolute Gasteiger partial charge is 0.0540 e. The molecule has 0 aliphatic heterocycles. The van der Waals surface area contributed by atoms with Crippen LogP contribution in [0.4, 0.5) is 0 Å². The van der Waals surface area contributed by atoms with Gasteiger partial charge in [-0.05, 0) is 69.4 Å². The molecule has 2 aliphatic carbocycles. The van der Waals surface area contributed by atoms with Gasteiger partial charge in [0.1, 0.15) is 0 Å². The van der Waals surface area contributed by atoms with Crippen molar-refractivity contribution in [3.63, 3.8) is 0 Å². The zero-order chi connectivity index (χ0) is 13.9. The predicted molar refractivity (Wildman–Crippen MR) is 82.6 cm³/mol. The van der Waals surface area contributed by atoms with Crippen LogP contribution < -0.4 is 5.32 Å². The van der Waals surface area contributed by atoms with Crippen molar-refractivity contribution in [3.05, 3.63) is 35.4 Å². The molecule has 1 atom stereocenters. The fourth-order valence-corrected chi connectivity index (χ4v) is 3.40. The van der Waals surface area contributed by atoms with E-state index in [1.54, 1.807) is 0 Å². The number of hydrogen-bond donors (Lipinski definition) is 2. The lowest BCUT2D eigenvalue weighted by Crippen LogP contribution is -2.31. The van der Waals surface area contributed by atoms with Crippen molar-refractivity contribution in [1.29, 1.82) is 0 Å². The van der Waals surface area contributed by atoms with Gasteiger partial charge >= 0.3 is 0 Å². The van der Waals surface area contributed by atoms with Gasteiger partial charge in [0, 0.05) is 6.04 Å². The molecule has 0 saturated heterocycles. The standard InChI is InChI=1S/C18H27NO/c1-13-2-6-15(7-3-13)18(16-8-9-16)19-12-14-4-10-17(20)11-5-14/h2-3,6-7,14,16-20H,4-5,8-12H2,1H3. The van der Waals surface area contributed by atoms with Gasteiger partial charge in [0.15, 0.2) is 0 Å². The normalized spacial score (nSPS) is 28.3. The lowest BCUT2D eigenvalue weighted by molar-refractivity contribution is 0.107. The van der Waals surface area contributed by atoms with Crippen LogP contribution in [0.3, 0.4) is 0 Å². The molecule has 1 unspecified atom stereocenters. The SMILES string of the molecule is Cc1ccc(C(NCC2CCC(O)CC2)C2CC2)cc1. The van der Waals surface area contributed by atoms with Crippen LogP contribution in [0, 0.1) is 18.8 Å². The summed E-state index contributed by atoms with van der Waals surface area (Å²) < 4.78 is 0. The average Bonchev–Trinajstić information content (AvgIpc) is 3.28. The zero-order valence-corrected chi connectivity index (χ0v) is 12.5. The molecule has 0 aromatic heterocycles. The first-order valence-corrected chi connectivity index (χ1v) is 8.20. The Morgan fingerprint density at radius 2 is 1.70 bits per heavy atom. The van der Waals surface area contributed by atoms with E-state index in [9.17, 15) is 5.11 Å². The van der Waals surface area contributed by atoms with Crippen LogP contribution in [0.5, 0.6) is 0 Å². The molecular formula is C18H27NO. The molecule has 2 fully saturated rings. The van der Waals surface area contributed by atoms with E-state index in [4.69, 9.17) is 0 Å². The number of aryl methyl sites for hydroxylation is 1. The quantitative estimate of drug-likeness (QED) is 0.859. The molecule has 2 nitrogen and oxygen atoms in total. The fraction of sp³-hybridized carbons (Fsp3) is 0.667. The van der Waals surface area contributed by atoms with Crippen LogP contribution in [-0.2, 0) is 0 Å². The molecule has 1 aromatic rings. The average molecular weight is 273 g/mol. The molecule has 0 radical (unpaired) electrons. The molecule has 0 bridgehead atoms. The molecule has 2 heteroatoms. The number of benzene rings is 1. The van der Waals surface area contributed by atoms with Gasteiger partial charge in [-0.3, -0.25) is 0 Å². The third kappa shape index (κ3) is 3.62. The summed E-state index contributed by atoms with van der Waals surface area (Å²) >= 11 is 0. The van der Waals surface area contributed by atoms with Crippen LogP contribution >= 0.6 is 0 Å². The maximum absolute atomic E-state index is 9.59. The van der Waals surface area contributed by atoms with E-state index in [1.807, 2.05) is 0 Å². The van der Waals surface area contributed by atoms with Crippen molar-refractivity contribution in [2.75, 3.05) is 6.54 Å². The number of nitrogens with one attached hydrogen (secondary N) is 1. The summed E-state index contributed by atoms with van der Waals surface area (Å²) in [6, 6.07) is 9.57. The molecule has 2 saturated carbocycles. The summed E-state index contributed by atoms with van der Waals surface area (Å²) in [5, 5.41) is 13.4. The zero-order valence-electron chi connectivity index (χ0n) is 12.5. The number of aliphatic hydroxyl groups is 1. The molecule has 2 N–H and O–H groups in total. The monoisotopic (exact) mass is 273 g/mol. The molecule has 0 heterocycles. The van der Waals surface area contributed by atoms with Gasteiger partial charge < -0.3 is 10.4 Å². The minimum Gasteiger partial charge on any atom is -0.393 e. The van der Waals surface area contributed by atoms with E-state index >= 15 is 0 Å². The van der Waals surface area contributed by atoms with Crippen LogP contribution in [-0.4, -0.2) is 17.8 Å². The van der Waals surface area contributed by atoms with E-state index < -0.39 is 0 Å². The molecule has 0 spiro atoms. The lowest BCUT2D eigenvalue weighted by atomic mass is 9.87. The van der Waals surface area contributed by atoms with Crippen LogP contribution in [0.2, 0.25) is 0 Å². The minimum absolute atomic E-state index is 0.0393. The van der Waals surface area contributed by atoms with E-state index in [1.165, 1.54) is 36.8 Å². The van der Waals surface area contributed by atoms with Crippen LogP contribution in [0.25, 0.3) is 0 Å². The van der Waals surface area contributed by atoms with Gasteiger partial charge in [0.05, 0.1) is 6.10 Å². The fourth-order valence-electron chi connectivity index (χ4n) is 3.40. The summed E-state index contributed by atoms with van der Waals surface area (Å²) in [7, 11) is 0. The molecule has 110 valence electrons. The van der Waals surface area contributed by atoms with E-state index in [0.29, 0.717) is 6.04 Å². The Morgan fingerprint density at radius 1 is 1.05 bits per heavy atom. The summed E-state index contributed by atoms with van der Waals surface area (Å²) in [6.45, 7) is 3.26. The second kappa shape index (κ2) is 6.28. The van der Waals surface area contributed by atoms with Gasteiger partial charge in [-0.2, -0.15) is 0 Å². The Bertz CT molecular complexity index is 416. The number of hydrogen-bond acceptors (Lipinski definition) is 2. The third-order valence-corrected chi connectivity index (χ3v) is 4.97. The Labute approximate surface area is 122 Å². The second-order valence-corrected chi connectivity index (χ2v) is 6.81. The highest BCUT2D eigenvalue weighted by Gasteiger charge is 2.32. The van der Waals surface area contributed by atoms with Gasteiger partial charge in [-0.15, -0.1) is 0 Å². The highest BCUT2D eigenvalue weighted by Crippen LogP contribution is 2.41. The number of aliphatic hydroxyl groups excluding tert-OH is 1. The van der Waals surface area contributed by atoms with Crippen molar-refractivity contribution in [2.45, 2.75) is 57.6 Å². The summed E-state index contributed by atoms with van der Waals surface area (Å²) in [4.78, 5) is 0. The van der Waals surface area contributed by atoms with E-state index in [2.05, 4.69) is 36.5 Å². The summed E-state index contributed by atoms with van der Waals surface area (Å²) in [6.07, 6.45) is 7.04. The van der Waals surface area contributed by atoms with Gasteiger partial charge in [-0.1, -0.05) is 29.8 Å². The lowest BCUT2D eigenvalue weighted by Gasteiger charge is -2.28. The predicted octanol–water partition coefficient (Wildman–Crippen LogP) is 3.59. The topological polar surface area (TPSA) is 32.3 Å². The van der Waals surface area contributed by atoms with Gasteiger partial charge in [0.2, 0.25) is 0 Å². The van der Waals surface area contributed by atoms with Crippen molar-refractivity contribution < 1.29 is 5.11 Å². The van der Waals surface area contributed by atoms with Crippen LogP contribution in [0.1, 0.15) is 55.7 Å². The Morgan fingerprint density at radius 3 is 2.30 bits per heavy atom. The number of rotatable bonds is 5. The molecule has 20 heavy (non-hydrogen) atoms. The van der Waals surface area contributed by atoms with Gasteiger partial charge in [-0.25, -0.2) is 0 Å². The van der Waals surface area contributed by atoms with E-state index in [-0.39, 0.29) is 6.10 Å². The van der Waals surface area contributed by atoms with Crippen molar-refractivity contribution in [2.24, 2.45) is 11.8 Å². The first-order valence-electron chi connectivity index (χ1n) is 8.20. The third-order valence-electron chi connectivity index (χ3n) is 4.97. The molecule has 0 amide bonds. The first kappa shape index (κ1) is 14.1. The minimum atomic E-state index is -0.0393. The summed E-state index contributed by atoms with van der Waals surface area (Å²) in [5.41, 5.74) is 2.79. The van der Waals surface area contributed by atoms with Crippen molar-refractivity contribution in [3.8, 4) is 0 Å². The van der Waals surface area contributed by atoms with Crippen molar-refractivity contribution in [1.82, 2.24) is 5.32 Å². The Hall–Kier alpha value is -0.860. The molecule has 3 rings (SSSR count). The Balaban J connectivity index is 1.56. The molecule has 2 aliphatic rings.